The zero-order chi connectivity index (χ0) is 23.0. The lowest BCUT2D eigenvalue weighted by Crippen LogP contribution is -2.47. The molecular formula is C26H41N3O3. The van der Waals surface area contributed by atoms with Gasteiger partial charge in [-0.15, -0.1) is 13.2 Å². The Labute approximate surface area is 194 Å². The molecule has 0 spiro atoms. The van der Waals surface area contributed by atoms with Crippen LogP contribution in [0.4, 0.5) is 0 Å². The van der Waals surface area contributed by atoms with Gasteiger partial charge in [-0.2, -0.15) is 0 Å². The molecule has 32 heavy (non-hydrogen) atoms. The Kier molecular flexibility index (Phi) is 9.17. The Balaban J connectivity index is 1.62. The molecule has 2 saturated heterocycles. The van der Waals surface area contributed by atoms with Gasteiger partial charge in [0.25, 0.3) is 0 Å². The molecule has 0 radical (unpaired) electrons. The molecule has 2 heterocycles. The molecule has 0 aliphatic carbocycles. The normalized spacial score (nSPS) is 20.7. The largest absolute Gasteiger partial charge is 0.493 e. The van der Waals surface area contributed by atoms with Crippen molar-refractivity contribution in [3.8, 4) is 11.5 Å². The number of methoxy groups -OCH3 is 1. The minimum absolute atomic E-state index is 0.114. The molecule has 2 aliphatic rings. The molecule has 0 bridgehead atoms. The van der Waals surface area contributed by atoms with E-state index in [0.29, 0.717) is 18.0 Å². The fraction of sp³-hybridized carbons (Fsp3) is 0.615. The van der Waals surface area contributed by atoms with Crippen molar-refractivity contribution in [1.82, 2.24) is 14.7 Å². The summed E-state index contributed by atoms with van der Waals surface area (Å²) < 4.78 is 11.6. The number of aliphatic hydroxyl groups is 1. The first-order chi connectivity index (χ1) is 15.5. The van der Waals surface area contributed by atoms with E-state index in [-0.39, 0.29) is 12.1 Å². The van der Waals surface area contributed by atoms with Crippen LogP contribution in [-0.2, 0) is 6.54 Å². The molecule has 1 aromatic carbocycles. The van der Waals surface area contributed by atoms with Gasteiger partial charge in [-0.1, -0.05) is 18.2 Å². The lowest BCUT2D eigenvalue weighted by atomic mass is 9.88. The molecule has 1 aromatic rings. The van der Waals surface area contributed by atoms with Crippen LogP contribution < -0.4 is 9.47 Å². The van der Waals surface area contributed by atoms with Gasteiger partial charge in [-0.3, -0.25) is 9.80 Å². The van der Waals surface area contributed by atoms with Gasteiger partial charge < -0.3 is 19.5 Å². The van der Waals surface area contributed by atoms with Crippen molar-refractivity contribution >= 4 is 0 Å². The quantitative estimate of drug-likeness (QED) is 0.501. The standard InChI is InChI=1S/C26H41N3O3/c1-5-10-26(11-6-2)12-7-13-29(26)19-22-8-9-24(31-4)25(18-22)32-21-23(30)20-28-16-14-27(3)15-17-28/h5-6,8-9,18,23,30H,1-2,7,10-17,19-21H2,3-4H3/t23-/m1/s1. The molecular weight excluding hydrogens is 402 g/mol. The average Bonchev–Trinajstić information content (AvgIpc) is 3.16. The van der Waals surface area contributed by atoms with Gasteiger partial charge in [0.2, 0.25) is 0 Å². The number of ether oxygens (including phenoxy) is 2. The molecule has 6 nitrogen and oxygen atoms in total. The van der Waals surface area contributed by atoms with Gasteiger partial charge in [0.1, 0.15) is 12.7 Å². The fourth-order valence-electron chi connectivity index (χ4n) is 5.04. The van der Waals surface area contributed by atoms with E-state index in [1.807, 2.05) is 18.2 Å². The summed E-state index contributed by atoms with van der Waals surface area (Å²) in [5, 5.41) is 10.5. The molecule has 0 unspecified atom stereocenters. The highest BCUT2D eigenvalue weighted by molar-refractivity contribution is 5.43. The summed E-state index contributed by atoms with van der Waals surface area (Å²) in [5.41, 5.74) is 1.30. The van der Waals surface area contributed by atoms with Crippen molar-refractivity contribution in [3.05, 3.63) is 49.1 Å². The van der Waals surface area contributed by atoms with Crippen molar-refractivity contribution in [3.63, 3.8) is 0 Å². The second kappa shape index (κ2) is 11.8. The minimum atomic E-state index is -0.529. The Hall–Kier alpha value is -1.86. The monoisotopic (exact) mass is 443 g/mol. The maximum Gasteiger partial charge on any atom is 0.161 e. The van der Waals surface area contributed by atoms with E-state index >= 15 is 0 Å². The summed E-state index contributed by atoms with van der Waals surface area (Å²) in [6.45, 7) is 14.9. The molecule has 178 valence electrons. The van der Waals surface area contributed by atoms with Gasteiger partial charge >= 0.3 is 0 Å². The molecule has 2 fully saturated rings. The van der Waals surface area contributed by atoms with Gasteiger partial charge in [-0.05, 0) is 57.0 Å². The number of likely N-dealkylation sites (N-methyl/N-ethyl adjacent to an activating group) is 1. The third-order valence-electron chi connectivity index (χ3n) is 6.89. The summed E-state index contributed by atoms with van der Waals surface area (Å²) in [5.74, 6) is 1.39. The lowest BCUT2D eigenvalue weighted by Gasteiger charge is -2.37. The number of hydrogen-bond donors (Lipinski definition) is 1. The molecule has 0 amide bonds. The van der Waals surface area contributed by atoms with Gasteiger partial charge in [0.05, 0.1) is 7.11 Å². The maximum absolute atomic E-state index is 10.5. The predicted molar refractivity (Wildman–Crippen MR) is 130 cm³/mol. The third kappa shape index (κ3) is 6.35. The van der Waals surface area contributed by atoms with Crippen LogP contribution in [0, 0.1) is 0 Å². The second-order valence-corrected chi connectivity index (χ2v) is 9.29. The number of nitrogens with zero attached hydrogens (tertiary/aromatic N) is 3. The number of benzene rings is 1. The molecule has 0 aromatic heterocycles. The van der Waals surface area contributed by atoms with E-state index in [2.05, 4.69) is 47.0 Å². The highest BCUT2D eigenvalue weighted by Crippen LogP contribution is 2.38. The van der Waals surface area contributed by atoms with Crippen LogP contribution in [0.5, 0.6) is 11.5 Å². The fourth-order valence-corrected chi connectivity index (χ4v) is 5.04. The smallest absolute Gasteiger partial charge is 0.161 e. The average molecular weight is 444 g/mol. The first kappa shape index (κ1) is 24.8. The first-order valence-electron chi connectivity index (χ1n) is 11.8. The van der Waals surface area contributed by atoms with Crippen LogP contribution in [0.25, 0.3) is 0 Å². The Morgan fingerprint density at radius 1 is 1.09 bits per heavy atom. The van der Waals surface area contributed by atoms with E-state index in [4.69, 9.17) is 9.47 Å². The number of hydrogen-bond acceptors (Lipinski definition) is 6. The Bertz CT molecular complexity index is 736. The highest BCUT2D eigenvalue weighted by atomic mass is 16.5. The molecule has 6 heteroatoms. The summed E-state index contributed by atoms with van der Waals surface area (Å²) >= 11 is 0. The van der Waals surface area contributed by atoms with E-state index in [1.165, 1.54) is 18.4 Å². The van der Waals surface area contributed by atoms with Crippen LogP contribution in [0.1, 0.15) is 31.2 Å². The summed E-state index contributed by atoms with van der Waals surface area (Å²) in [6, 6.07) is 6.14. The number of likely N-dealkylation sites (tertiary alicyclic amines) is 1. The minimum Gasteiger partial charge on any atom is -0.493 e. The first-order valence-corrected chi connectivity index (χ1v) is 11.8. The zero-order valence-electron chi connectivity index (χ0n) is 20.0. The van der Waals surface area contributed by atoms with E-state index in [1.54, 1.807) is 7.11 Å². The Morgan fingerprint density at radius 2 is 1.81 bits per heavy atom. The van der Waals surface area contributed by atoms with E-state index in [0.717, 1.165) is 52.1 Å². The third-order valence-corrected chi connectivity index (χ3v) is 6.89. The lowest BCUT2D eigenvalue weighted by molar-refractivity contribution is 0.0497. The van der Waals surface area contributed by atoms with Crippen LogP contribution in [0.3, 0.4) is 0 Å². The number of β-amino-alcohol motifs (C(OH)–C–C–N with tert-alkyl or cyclic N) is 1. The van der Waals surface area contributed by atoms with Crippen molar-refractivity contribution in [2.45, 2.75) is 43.9 Å². The molecule has 1 atom stereocenters. The van der Waals surface area contributed by atoms with Crippen molar-refractivity contribution in [1.29, 1.82) is 0 Å². The van der Waals surface area contributed by atoms with Gasteiger partial charge in [0, 0.05) is 44.8 Å². The number of rotatable bonds is 12. The SMILES string of the molecule is C=CCC1(CC=C)CCCN1Cc1ccc(OC)c(OC[C@H](O)CN2CCN(C)CC2)c1. The van der Waals surface area contributed by atoms with Crippen molar-refractivity contribution < 1.29 is 14.6 Å². The predicted octanol–water partition coefficient (Wildman–Crippen LogP) is 3.17. The highest BCUT2D eigenvalue weighted by Gasteiger charge is 2.38. The zero-order valence-corrected chi connectivity index (χ0v) is 20.0. The molecule has 1 N–H and O–H groups in total. The van der Waals surface area contributed by atoms with Crippen molar-refractivity contribution in [2.75, 3.05) is 60.0 Å². The van der Waals surface area contributed by atoms with E-state index in [9.17, 15) is 5.11 Å². The summed E-state index contributed by atoms with van der Waals surface area (Å²) in [7, 11) is 3.79. The summed E-state index contributed by atoms with van der Waals surface area (Å²) in [4.78, 5) is 7.17. The van der Waals surface area contributed by atoms with Crippen LogP contribution in [-0.4, -0.2) is 91.5 Å². The second-order valence-electron chi connectivity index (χ2n) is 9.29. The Morgan fingerprint density at radius 3 is 2.47 bits per heavy atom. The van der Waals surface area contributed by atoms with Crippen molar-refractivity contribution in [2.24, 2.45) is 0 Å². The number of piperazine rings is 1. The topological polar surface area (TPSA) is 48.4 Å². The van der Waals surface area contributed by atoms with Crippen LogP contribution in [0.15, 0.2) is 43.5 Å². The number of aliphatic hydroxyl groups excluding tert-OH is 1. The molecule has 0 saturated carbocycles. The van der Waals surface area contributed by atoms with Crippen LogP contribution >= 0.6 is 0 Å². The summed E-state index contributed by atoms with van der Waals surface area (Å²) in [6.07, 6.45) is 7.84. The molecule has 2 aliphatic heterocycles. The van der Waals surface area contributed by atoms with Gasteiger partial charge in [0.15, 0.2) is 11.5 Å². The van der Waals surface area contributed by atoms with E-state index < -0.39 is 6.10 Å². The van der Waals surface area contributed by atoms with Gasteiger partial charge in [-0.25, -0.2) is 0 Å². The molecule has 3 rings (SSSR count). The van der Waals surface area contributed by atoms with Crippen LogP contribution in [0.2, 0.25) is 0 Å². The maximum atomic E-state index is 10.5.